The zero-order chi connectivity index (χ0) is 15.1. The monoisotopic (exact) mass is 288 g/mol. The lowest BCUT2D eigenvalue weighted by Gasteiger charge is -2.29. The lowest BCUT2D eigenvalue weighted by molar-refractivity contribution is 0.197. The Kier molecular flexibility index (Phi) is 6.72. The highest BCUT2D eigenvalue weighted by Gasteiger charge is 2.22. The second-order valence-corrected chi connectivity index (χ2v) is 7.01. The Labute approximate surface area is 130 Å². The highest BCUT2D eigenvalue weighted by atomic mass is 15.2. The summed E-state index contributed by atoms with van der Waals surface area (Å²) in [4.78, 5) is 2.70. The van der Waals surface area contributed by atoms with E-state index in [1.54, 1.807) is 0 Å². The summed E-state index contributed by atoms with van der Waals surface area (Å²) in [6.45, 7) is 10.6. The van der Waals surface area contributed by atoms with Crippen molar-refractivity contribution in [3.05, 3.63) is 35.9 Å². The maximum atomic E-state index is 3.75. The van der Waals surface area contributed by atoms with Crippen molar-refractivity contribution in [2.45, 2.75) is 58.5 Å². The molecular weight excluding hydrogens is 256 g/mol. The van der Waals surface area contributed by atoms with Crippen LogP contribution in [0.1, 0.15) is 45.6 Å². The van der Waals surface area contributed by atoms with Gasteiger partial charge in [0.1, 0.15) is 0 Å². The molecule has 1 N–H and O–H groups in total. The van der Waals surface area contributed by atoms with E-state index in [-0.39, 0.29) is 0 Å². The predicted molar refractivity (Wildman–Crippen MR) is 91.7 cm³/mol. The summed E-state index contributed by atoms with van der Waals surface area (Å²) in [5, 5.41) is 3.75. The van der Waals surface area contributed by atoms with Gasteiger partial charge in [-0.15, -0.1) is 0 Å². The average molecular weight is 288 g/mol. The van der Waals surface area contributed by atoms with Crippen molar-refractivity contribution in [1.82, 2.24) is 10.2 Å². The number of hydrogen-bond donors (Lipinski definition) is 1. The number of nitrogens with zero attached hydrogens (tertiary/aromatic N) is 1. The fourth-order valence-electron chi connectivity index (χ4n) is 3.26. The first-order chi connectivity index (χ1) is 10.1. The van der Waals surface area contributed by atoms with Gasteiger partial charge in [-0.3, -0.25) is 4.90 Å². The standard InChI is InChI=1S/C19H32N2/c1-16(2)8-7-13-21-15-19(20-12-11-17(21)3)14-18-9-5-4-6-10-18/h4-6,9-10,16-17,19-20H,7-8,11-15H2,1-3H3. The Morgan fingerprint density at radius 2 is 2.00 bits per heavy atom. The summed E-state index contributed by atoms with van der Waals surface area (Å²) in [5.74, 6) is 0.825. The quantitative estimate of drug-likeness (QED) is 0.858. The highest BCUT2D eigenvalue weighted by Crippen LogP contribution is 2.14. The molecule has 1 fully saturated rings. The van der Waals surface area contributed by atoms with Crippen molar-refractivity contribution in [3.8, 4) is 0 Å². The van der Waals surface area contributed by atoms with Gasteiger partial charge in [0.15, 0.2) is 0 Å². The molecule has 2 unspecified atom stereocenters. The first kappa shape index (κ1) is 16.5. The molecule has 2 rings (SSSR count). The van der Waals surface area contributed by atoms with E-state index in [9.17, 15) is 0 Å². The van der Waals surface area contributed by atoms with Gasteiger partial charge in [0.25, 0.3) is 0 Å². The summed E-state index contributed by atoms with van der Waals surface area (Å²) in [5.41, 5.74) is 1.45. The molecule has 0 aromatic heterocycles. The third-order valence-corrected chi connectivity index (χ3v) is 4.63. The average Bonchev–Trinajstić information content (AvgIpc) is 2.62. The van der Waals surface area contributed by atoms with Crippen molar-refractivity contribution in [1.29, 1.82) is 0 Å². The van der Waals surface area contributed by atoms with Crippen LogP contribution >= 0.6 is 0 Å². The molecule has 0 saturated carbocycles. The summed E-state index contributed by atoms with van der Waals surface area (Å²) in [6.07, 6.45) is 5.10. The molecule has 0 radical (unpaired) electrons. The van der Waals surface area contributed by atoms with E-state index >= 15 is 0 Å². The highest BCUT2D eigenvalue weighted by molar-refractivity contribution is 5.16. The molecule has 1 aromatic carbocycles. The van der Waals surface area contributed by atoms with Crippen LogP contribution in [-0.2, 0) is 6.42 Å². The van der Waals surface area contributed by atoms with E-state index in [4.69, 9.17) is 0 Å². The molecule has 118 valence electrons. The van der Waals surface area contributed by atoms with Gasteiger partial charge in [-0.05, 0) is 57.2 Å². The molecular formula is C19H32N2. The maximum absolute atomic E-state index is 3.75. The molecule has 2 atom stereocenters. The fraction of sp³-hybridized carbons (Fsp3) is 0.684. The van der Waals surface area contributed by atoms with Crippen LogP contribution in [0.3, 0.4) is 0 Å². The molecule has 21 heavy (non-hydrogen) atoms. The summed E-state index contributed by atoms with van der Waals surface area (Å²) >= 11 is 0. The topological polar surface area (TPSA) is 15.3 Å². The number of nitrogens with one attached hydrogen (secondary N) is 1. The van der Waals surface area contributed by atoms with Crippen LogP contribution in [0.25, 0.3) is 0 Å². The lowest BCUT2D eigenvalue weighted by Crippen LogP contribution is -2.41. The van der Waals surface area contributed by atoms with Gasteiger partial charge in [-0.25, -0.2) is 0 Å². The molecule has 0 bridgehead atoms. The second kappa shape index (κ2) is 8.55. The lowest BCUT2D eigenvalue weighted by atomic mass is 10.0. The van der Waals surface area contributed by atoms with Crippen molar-refractivity contribution < 1.29 is 0 Å². The van der Waals surface area contributed by atoms with E-state index < -0.39 is 0 Å². The van der Waals surface area contributed by atoms with Gasteiger partial charge >= 0.3 is 0 Å². The Hall–Kier alpha value is -0.860. The van der Waals surface area contributed by atoms with Gasteiger partial charge < -0.3 is 5.32 Å². The van der Waals surface area contributed by atoms with E-state index in [2.05, 4.69) is 61.3 Å². The van der Waals surface area contributed by atoms with Crippen LogP contribution in [-0.4, -0.2) is 36.6 Å². The fourth-order valence-corrected chi connectivity index (χ4v) is 3.26. The largest absolute Gasteiger partial charge is 0.312 e. The molecule has 0 aliphatic carbocycles. The molecule has 1 saturated heterocycles. The Morgan fingerprint density at radius 1 is 1.24 bits per heavy atom. The Morgan fingerprint density at radius 3 is 2.71 bits per heavy atom. The predicted octanol–water partition coefficient (Wildman–Crippen LogP) is 3.72. The third-order valence-electron chi connectivity index (χ3n) is 4.63. The first-order valence-electron chi connectivity index (χ1n) is 8.66. The van der Waals surface area contributed by atoms with E-state index in [0.717, 1.165) is 18.9 Å². The van der Waals surface area contributed by atoms with Gasteiger partial charge in [-0.2, -0.15) is 0 Å². The molecule has 1 heterocycles. The van der Waals surface area contributed by atoms with Crippen LogP contribution in [0.15, 0.2) is 30.3 Å². The van der Waals surface area contributed by atoms with E-state index in [1.807, 2.05) is 0 Å². The summed E-state index contributed by atoms with van der Waals surface area (Å²) < 4.78 is 0. The van der Waals surface area contributed by atoms with Crippen LogP contribution in [0, 0.1) is 5.92 Å². The second-order valence-electron chi connectivity index (χ2n) is 7.01. The van der Waals surface area contributed by atoms with Crippen molar-refractivity contribution in [3.63, 3.8) is 0 Å². The number of benzene rings is 1. The number of rotatable bonds is 6. The Balaban J connectivity index is 1.87. The summed E-state index contributed by atoms with van der Waals surface area (Å²) in [7, 11) is 0. The van der Waals surface area contributed by atoms with Gasteiger partial charge in [0, 0.05) is 18.6 Å². The maximum Gasteiger partial charge on any atom is 0.0235 e. The molecule has 1 aliphatic heterocycles. The van der Waals surface area contributed by atoms with Crippen LogP contribution in [0.5, 0.6) is 0 Å². The normalized spacial score (nSPS) is 24.2. The minimum atomic E-state index is 0.594. The molecule has 2 heteroatoms. The zero-order valence-electron chi connectivity index (χ0n) is 14.0. The van der Waals surface area contributed by atoms with Crippen molar-refractivity contribution in [2.24, 2.45) is 5.92 Å². The number of hydrogen-bond acceptors (Lipinski definition) is 2. The minimum Gasteiger partial charge on any atom is -0.312 e. The Bertz CT molecular complexity index is 388. The van der Waals surface area contributed by atoms with E-state index in [0.29, 0.717) is 12.1 Å². The molecule has 0 spiro atoms. The van der Waals surface area contributed by atoms with Crippen molar-refractivity contribution >= 4 is 0 Å². The van der Waals surface area contributed by atoms with Crippen LogP contribution in [0.4, 0.5) is 0 Å². The van der Waals surface area contributed by atoms with Gasteiger partial charge in [-0.1, -0.05) is 44.2 Å². The van der Waals surface area contributed by atoms with Crippen LogP contribution in [0.2, 0.25) is 0 Å². The smallest absolute Gasteiger partial charge is 0.0235 e. The zero-order valence-corrected chi connectivity index (χ0v) is 14.0. The van der Waals surface area contributed by atoms with Gasteiger partial charge in [0.2, 0.25) is 0 Å². The van der Waals surface area contributed by atoms with Crippen molar-refractivity contribution in [2.75, 3.05) is 19.6 Å². The molecule has 0 amide bonds. The van der Waals surface area contributed by atoms with E-state index in [1.165, 1.54) is 37.9 Å². The SMILES string of the molecule is CC(C)CCCN1CC(Cc2ccccc2)NCCC1C. The molecule has 1 aliphatic rings. The minimum absolute atomic E-state index is 0.594. The summed E-state index contributed by atoms with van der Waals surface area (Å²) in [6, 6.07) is 12.2. The first-order valence-corrected chi connectivity index (χ1v) is 8.66. The molecule has 2 nitrogen and oxygen atoms in total. The third kappa shape index (κ3) is 5.80. The van der Waals surface area contributed by atoms with Crippen LogP contribution < -0.4 is 5.32 Å². The van der Waals surface area contributed by atoms with Gasteiger partial charge in [0.05, 0.1) is 0 Å². The molecule has 1 aromatic rings.